The first-order valence-electron chi connectivity index (χ1n) is 11.5. The second kappa shape index (κ2) is 9.33. The van der Waals surface area contributed by atoms with Crippen LogP contribution in [0.4, 0.5) is 11.4 Å². The van der Waals surface area contributed by atoms with Gasteiger partial charge in [0.25, 0.3) is 5.91 Å². The molecule has 3 aliphatic carbocycles. The molecule has 3 atom stereocenters. The molecule has 0 radical (unpaired) electrons. The molecule has 38 heavy (non-hydrogen) atoms. The number of anilines is 1. The monoisotopic (exact) mass is 546 g/mol. The van der Waals surface area contributed by atoms with Gasteiger partial charge >= 0.3 is 0 Å². The van der Waals surface area contributed by atoms with Gasteiger partial charge in [0.1, 0.15) is 28.6 Å². The Morgan fingerprint density at radius 1 is 1.18 bits per heavy atom. The number of carbonyl (C=O) groups is 3. The molecule has 0 unspecified atom stereocenters. The van der Waals surface area contributed by atoms with Gasteiger partial charge in [-0.15, -0.1) is 11.6 Å². The fourth-order valence-electron chi connectivity index (χ4n) is 5.47. The number of aliphatic imine (C=N–C) groups is 2. The zero-order chi connectivity index (χ0) is 28.3. The van der Waals surface area contributed by atoms with Crippen molar-refractivity contribution in [3.63, 3.8) is 0 Å². The number of primary amides is 1. The number of hydrogen-bond acceptors (Lipinski definition) is 9. The van der Waals surface area contributed by atoms with Crippen LogP contribution in [0, 0.1) is 11.8 Å². The molecule has 202 valence electrons. The quantitative estimate of drug-likeness (QED) is 0.116. The number of aromatic hydroxyl groups is 1. The summed E-state index contributed by atoms with van der Waals surface area (Å²) in [6, 6.07) is 1.52. The number of nitrogens with two attached hydrogens (primary N) is 3. The highest BCUT2D eigenvalue weighted by Crippen LogP contribution is 2.54. The molecular weight excluding hydrogens is 520 g/mol. The van der Waals surface area contributed by atoms with Crippen molar-refractivity contribution in [2.24, 2.45) is 39.0 Å². The lowest BCUT2D eigenvalue weighted by atomic mass is 9.59. The van der Waals surface area contributed by atoms with Crippen LogP contribution in [0.3, 0.4) is 0 Å². The number of Topliss-reactive ketones (excluding diaryl/α,β-unsaturated/α-hetero) is 2. The lowest BCUT2D eigenvalue weighted by molar-refractivity contribution is -0.147. The van der Waals surface area contributed by atoms with E-state index >= 15 is 0 Å². The number of hydrogen-bond donors (Lipinski definition) is 7. The third-order valence-corrected chi connectivity index (χ3v) is 7.41. The normalized spacial score (nSPS) is 25.7. The number of rotatable bonds is 4. The standard InChI is InChI=1S/C24H27ClN6O7/c1-31(2)12-6-11(29-23(28)30-14(26)7-25)18(33)16-10(12)4-8-3-9-5-13(32)17(22(27)37)21(36)24(9,38)20(35)15(8)19(16)34/h6,8-9,33-34,36,38H,3-5,7H2,1-2H3,(H2,27,37)(H4,26,28,29,30)/t8-,9+,24+/m1/s1. The molecule has 4 rings (SSSR count). The maximum atomic E-state index is 13.7. The van der Waals surface area contributed by atoms with Crippen molar-refractivity contribution in [2.45, 2.75) is 24.9 Å². The molecule has 0 aromatic heterocycles. The van der Waals surface area contributed by atoms with Gasteiger partial charge in [0, 0.05) is 37.7 Å². The molecular formula is C24H27ClN6O7. The van der Waals surface area contributed by atoms with E-state index in [1.165, 1.54) is 6.07 Å². The van der Waals surface area contributed by atoms with Crippen molar-refractivity contribution in [1.29, 1.82) is 0 Å². The van der Waals surface area contributed by atoms with Crippen LogP contribution >= 0.6 is 11.6 Å². The van der Waals surface area contributed by atoms with Gasteiger partial charge in [-0.05, 0) is 30.4 Å². The van der Waals surface area contributed by atoms with E-state index in [0.717, 1.165) is 0 Å². The molecule has 10 N–H and O–H groups in total. The highest BCUT2D eigenvalue weighted by Gasteiger charge is 2.60. The summed E-state index contributed by atoms with van der Waals surface area (Å²) in [5.41, 5.74) is 13.6. The first-order chi connectivity index (χ1) is 17.7. The fraction of sp³-hybridized carbons (Fsp3) is 0.375. The van der Waals surface area contributed by atoms with Crippen LogP contribution < -0.4 is 22.1 Å². The first-order valence-corrected chi connectivity index (χ1v) is 12.0. The largest absolute Gasteiger partial charge is 0.508 e. The van der Waals surface area contributed by atoms with E-state index in [1.807, 2.05) is 0 Å². The lowest BCUT2D eigenvalue weighted by Gasteiger charge is -2.46. The molecule has 14 heteroatoms. The smallest absolute Gasteiger partial charge is 0.255 e. The zero-order valence-corrected chi connectivity index (χ0v) is 21.3. The zero-order valence-electron chi connectivity index (χ0n) is 20.5. The number of phenolic OH excluding ortho intramolecular Hbond substituents is 1. The predicted molar refractivity (Wildman–Crippen MR) is 139 cm³/mol. The highest BCUT2D eigenvalue weighted by atomic mass is 35.5. The van der Waals surface area contributed by atoms with Crippen molar-refractivity contribution in [3.05, 3.63) is 34.1 Å². The van der Waals surface area contributed by atoms with E-state index in [0.29, 0.717) is 11.3 Å². The minimum Gasteiger partial charge on any atom is -0.508 e. The molecule has 0 aliphatic heterocycles. The predicted octanol–water partition coefficient (Wildman–Crippen LogP) is 0.0321. The van der Waals surface area contributed by atoms with Crippen molar-refractivity contribution in [2.75, 3.05) is 24.9 Å². The Bertz CT molecular complexity index is 1410. The molecule has 0 bridgehead atoms. The fourth-order valence-corrected chi connectivity index (χ4v) is 5.52. The Kier molecular flexibility index (Phi) is 6.62. The third kappa shape index (κ3) is 3.94. The van der Waals surface area contributed by atoms with Gasteiger partial charge in [-0.25, -0.2) is 4.99 Å². The number of fused-ring (bicyclic) bond motifs is 3. The second-order valence-corrected chi connectivity index (χ2v) is 9.89. The van der Waals surface area contributed by atoms with Crippen LogP contribution in [0.1, 0.15) is 24.0 Å². The van der Waals surface area contributed by atoms with Crippen molar-refractivity contribution in [1.82, 2.24) is 0 Å². The van der Waals surface area contributed by atoms with Crippen LogP contribution in [0.15, 0.2) is 33.0 Å². The number of ketones is 2. The average molecular weight is 547 g/mol. The molecule has 0 spiro atoms. The Balaban J connectivity index is 1.95. The topological polar surface area (TPSA) is 238 Å². The number of amidine groups is 1. The maximum absolute atomic E-state index is 13.7. The Labute approximate surface area is 221 Å². The molecule has 0 heterocycles. The van der Waals surface area contributed by atoms with Crippen LogP contribution in [-0.2, 0) is 20.8 Å². The molecule has 1 amide bonds. The van der Waals surface area contributed by atoms with E-state index in [2.05, 4.69) is 9.98 Å². The number of aliphatic hydroxyl groups excluding tert-OH is 2. The number of alkyl halides is 1. The van der Waals surface area contributed by atoms with Gasteiger partial charge in [-0.2, -0.15) is 4.99 Å². The number of amides is 1. The van der Waals surface area contributed by atoms with Crippen molar-refractivity contribution >= 4 is 58.0 Å². The number of halogens is 1. The van der Waals surface area contributed by atoms with Crippen LogP contribution in [0.2, 0.25) is 0 Å². The summed E-state index contributed by atoms with van der Waals surface area (Å²) in [4.78, 5) is 47.5. The highest BCUT2D eigenvalue weighted by molar-refractivity contribution is 6.28. The maximum Gasteiger partial charge on any atom is 0.255 e. The number of guanidine groups is 1. The van der Waals surface area contributed by atoms with Crippen molar-refractivity contribution < 1.29 is 34.8 Å². The Morgan fingerprint density at radius 2 is 1.84 bits per heavy atom. The lowest BCUT2D eigenvalue weighted by Crippen LogP contribution is -2.58. The van der Waals surface area contributed by atoms with Gasteiger partial charge in [0.15, 0.2) is 17.1 Å². The number of benzene rings is 1. The summed E-state index contributed by atoms with van der Waals surface area (Å²) in [6.45, 7) is 0. The summed E-state index contributed by atoms with van der Waals surface area (Å²) < 4.78 is 0. The Morgan fingerprint density at radius 3 is 2.42 bits per heavy atom. The minimum atomic E-state index is -2.65. The molecule has 1 aromatic carbocycles. The van der Waals surface area contributed by atoms with Crippen LogP contribution in [0.25, 0.3) is 5.76 Å². The van der Waals surface area contributed by atoms with Gasteiger partial charge in [0.05, 0.1) is 11.4 Å². The van der Waals surface area contributed by atoms with Gasteiger partial charge in [-0.3, -0.25) is 14.4 Å². The summed E-state index contributed by atoms with van der Waals surface area (Å²) in [5, 5.41) is 44.5. The molecule has 1 saturated carbocycles. The molecule has 3 aliphatic rings. The molecule has 0 saturated heterocycles. The van der Waals surface area contributed by atoms with Gasteiger partial charge < -0.3 is 42.5 Å². The van der Waals surface area contributed by atoms with E-state index in [1.54, 1.807) is 19.0 Å². The SMILES string of the molecule is CN(C)c1cc(N=C(N)N=C(N)CCl)c(O)c2c1C[C@H]1C[C@H]3CC(=O)C(C(N)=O)=C(O)[C@@]3(O)C(=O)C1=C2O. The van der Waals surface area contributed by atoms with Gasteiger partial charge in [0.2, 0.25) is 11.7 Å². The van der Waals surface area contributed by atoms with E-state index in [4.69, 9.17) is 28.8 Å². The minimum absolute atomic E-state index is 0.0178. The summed E-state index contributed by atoms with van der Waals surface area (Å²) >= 11 is 5.61. The average Bonchev–Trinajstić information content (AvgIpc) is 2.82. The third-order valence-electron chi connectivity index (χ3n) is 7.13. The summed E-state index contributed by atoms with van der Waals surface area (Å²) in [5.74, 6) is -7.63. The molecule has 13 nitrogen and oxygen atoms in total. The Hall–Kier alpha value is -4.10. The number of phenols is 1. The van der Waals surface area contributed by atoms with E-state index in [9.17, 15) is 34.8 Å². The van der Waals surface area contributed by atoms with Crippen LogP contribution in [0.5, 0.6) is 5.75 Å². The van der Waals surface area contributed by atoms with Crippen molar-refractivity contribution in [3.8, 4) is 5.75 Å². The van der Waals surface area contributed by atoms with Gasteiger partial charge in [-0.1, -0.05) is 0 Å². The number of nitrogens with zero attached hydrogens (tertiary/aromatic N) is 3. The summed E-state index contributed by atoms with van der Waals surface area (Å²) in [7, 11) is 3.45. The van der Waals surface area contributed by atoms with E-state index in [-0.39, 0.29) is 47.3 Å². The number of aliphatic hydroxyl groups is 3. The summed E-state index contributed by atoms with van der Waals surface area (Å²) in [6.07, 6.45) is -0.227. The molecule has 1 aromatic rings. The first kappa shape index (κ1) is 26.9. The second-order valence-electron chi connectivity index (χ2n) is 9.62. The molecule has 1 fully saturated rings. The number of carbonyl (C=O) groups excluding carboxylic acids is 3. The van der Waals surface area contributed by atoms with E-state index < -0.39 is 64.2 Å². The van der Waals surface area contributed by atoms with Crippen LogP contribution in [-0.4, -0.2) is 75.3 Å².